The lowest BCUT2D eigenvalue weighted by Gasteiger charge is -2.47. The molecule has 0 unspecified atom stereocenters. The summed E-state index contributed by atoms with van der Waals surface area (Å²) < 4.78 is 15.9. The molecule has 2 aromatic carbocycles. The van der Waals surface area contributed by atoms with Crippen LogP contribution in [0.3, 0.4) is 0 Å². The van der Waals surface area contributed by atoms with Gasteiger partial charge >= 0.3 is 0 Å². The average molecular weight is 578 g/mol. The van der Waals surface area contributed by atoms with Crippen molar-refractivity contribution >= 4 is 46.0 Å². The van der Waals surface area contributed by atoms with Crippen molar-refractivity contribution < 1.29 is 19.1 Å². The molecule has 1 saturated heterocycles. The maximum Gasteiger partial charge on any atom is 0.238 e. The van der Waals surface area contributed by atoms with E-state index in [1.165, 1.54) is 6.07 Å². The molecule has 2 aliphatic carbocycles. The smallest absolute Gasteiger partial charge is 0.238 e. The third kappa shape index (κ3) is 4.03. The topological polar surface area (TPSA) is 78.4 Å². The van der Waals surface area contributed by atoms with Crippen molar-refractivity contribution in [1.82, 2.24) is 10.6 Å². The predicted molar refractivity (Wildman–Crippen MR) is 147 cm³/mol. The fraction of sp³-hybridized carbons (Fsp3) is 0.517. The summed E-state index contributed by atoms with van der Waals surface area (Å²) in [5.74, 6) is -1.62. The second-order valence-electron chi connectivity index (χ2n) is 11.2. The van der Waals surface area contributed by atoms with Gasteiger partial charge in [0.2, 0.25) is 11.0 Å². The number of aliphatic hydroxyl groups excluding tert-OH is 1. The number of halogens is 3. The number of benzene rings is 2. The summed E-state index contributed by atoms with van der Waals surface area (Å²) in [4.78, 5) is 29.2. The Kier molecular flexibility index (Phi) is 7.05. The summed E-state index contributed by atoms with van der Waals surface area (Å²) in [6, 6.07) is 9.42. The first-order valence-corrected chi connectivity index (χ1v) is 15.1. The van der Waals surface area contributed by atoms with E-state index in [-0.39, 0.29) is 33.8 Å². The van der Waals surface area contributed by atoms with Crippen molar-refractivity contribution in [3.05, 3.63) is 63.4 Å². The minimum Gasteiger partial charge on any atom is -0.393 e. The summed E-state index contributed by atoms with van der Waals surface area (Å²) in [5, 5.41) is 17.2. The van der Waals surface area contributed by atoms with Gasteiger partial charge in [-0.25, -0.2) is 4.39 Å². The van der Waals surface area contributed by atoms with Gasteiger partial charge in [0.05, 0.1) is 22.6 Å². The highest BCUT2D eigenvalue weighted by molar-refractivity contribution is 8.14. The van der Waals surface area contributed by atoms with Gasteiger partial charge in [-0.1, -0.05) is 72.4 Å². The van der Waals surface area contributed by atoms with Crippen molar-refractivity contribution in [2.24, 2.45) is 0 Å². The molecule has 1 amide bonds. The lowest BCUT2D eigenvalue weighted by molar-refractivity contribution is -0.124. The Balaban J connectivity index is 1.53. The zero-order valence-electron chi connectivity index (χ0n) is 20.9. The maximum atomic E-state index is 15.9. The second kappa shape index (κ2) is 10.1. The fourth-order valence-corrected chi connectivity index (χ4v) is 9.32. The van der Waals surface area contributed by atoms with E-state index in [1.54, 1.807) is 24.3 Å². The third-order valence-corrected chi connectivity index (χ3v) is 10.8. The molecular formula is C29H31Cl2FN2O3S. The Morgan fingerprint density at radius 2 is 1.82 bits per heavy atom. The van der Waals surface area contributed by atoms with Gasteiger partial charge in [-0.2, -0.15) is 0 Å². The second-order valence-corrected chi connectivity index (χ2v) is 13.1. The van der Waals surface area contributed by atoms with Crippen LogP contribution in [0.4, 0.5) is 4.39 Å². The summed E-state index contributed by atoms with van der Waals surface area (Å²) in [7, 11) is 0. The van der Waals surface area contributed by atoms with Crippen LogP contribution in [-0.4, -0.2) is 39.9 Å². The number of carbonyl (C=O) groups excluding carboxylic acids is 2. The maximum absolute atomic E-state index is 15.9. The highest BCUT2D eigenvalue weighted by Crippen LogP contribution is 2.65. The first-order chi connectivity index (χ1) is 18.3. The molecule has 5 nitrogen and oxygen atoms in total. The summed E-state index contributed by atoms with van der Waals surface area (Å²) >= 11 is 13.8. The largest absolute Gasteiger partial charge is 0.393 e. The van der Waals surface area contributed by atoms with E-state index in [9.17, 15) is 14.7 Å². The van der Waals surface area contributed by atoms with Gasteiger partial charge in [0.15, 0.2) is 0 Å². The molecule has 3 fully saturated rings. The molecule has 2 heterocycles. The minimum absolute atomic E-state index is 0.0305. The molecule has 4 aliphatic rings. The van der Waals surface area contributed by atoms with Gasteiger partial charge < -0.3 is 10.4 Å². The van der Waals surface area contributed by atoms with E-state index in [0.29, 0.717) is 43.5 Å². The Hall–Kier alpha value is -1.64. The number of hydrogen-bond acceptors (Lipinski definition) is 5. The van der Waals surface area contributed by atoms with E-state index in [2.05, 4.69) is 10.6 Å². The van der Waals surface area contributed by atoms with Gasteiger partial charge in [0.25, 0.3) is 0 Å². The standard InChI is InChI=1S/C29H31Cl2FN2O3S/c30-16-7-12-20-22(15-16)38-27(37)29(20)23(19-5-4-6-21(31)24(19)32)25(34-28(29)13-2-1-3-14-28)26(36)33-17-8-10-18(35)11-9-17/h4-7,12,15,17-18,23,25,34-35H,1-3,8-11,13-14H2,(H,33,36)/t17?,18?,23-,25+,29+/m0/s1. The van der Waals surface area contributed by atoms with Crippen LogP contribution in [0.25, 0.3) is 0 Å². The van der Waals surface area contributed by atoms with E-state index < -0.39 is 28.7 Å². The number of thioether (sulfide) groups is 1. The first-order valence-electron chi connectivity index (χ1n) is 13.5. The molecule has 3 atom stereocenters. The average Bonchev–Trinajstić information content (AvgIpc) is 3.35. The van der Waals surface area contributed by atoms with E-state index in [0.717, 1.165) is 41.5 Å². The molecule has 0 aromatic heterocycles. The number of hydrogen-bond donors (Lipinski definition) is 3. The predicted octanol–water partition coefficient (Wildman–Crippen LogP) is 5.88. The number of amides is 1. The van der Waals surface area contributed by atoms with Gasteiger partial charge in [0, 0.05) is 27.4 Å². The monoisotopic (exact) mass is 576 g/mol. The van der Waals surface area contributed by atoms with E-state index in [1.807, 2.05) is 6.07 Å². The van der Waals surface area contributed by atoms with Crippen molar-refractivity contribution in [3.63, 3.8) is 0 Å². The number of fused-ring (bicyclic) bond motifs is 3. The molecule has 2 saturated carbocycles. The van der Waals surface area contributed by atoms with Crippen molar-refractivity contribution in [1.29, 1.82) is 0 Å². The first kappa shape index (κ1) is 26.6. The molecule has 6 rings (SSSR count). The van der Waals surface area contributed by atoms with E-state index in [4.69, 9.17) is 23.2 Å². The van der Waals surface area contributed by atoms with E-state index >= 15 is 4.39 Å². The molecular weight excluding hydrogens is 546 g/mol. The van der Waals surface area contributed by atoms with Crippen LogP contribution in [0.1, 0.15) is 74.8 Å². The molecule has 0 bridgehead atoms. The van der Waals surface area contributed by atoms with Gasteiger partial charge in [0.1, 0.15) is 5.82 Å². The van der Waals surface area contributed by atoms with Gasteiger partial charge in [-0.3, -0.25) is 14.9 Å². The molecule has 9 heteroatoms. The highest BCUT2D eigenvalue weighted by atomic mass is 35.5. The Labute approximate surface area is 236 Å². The number of nitrogens with one attached hydrogen (secondary N) is 2. The lowest BCUT2D eigenvalue weighted by atomic mass is 9.56. The summed E-state index contributed by atoms with van der Waals surface area (Å²) in [6.07, 6.45) is 6.57. The van der Waals surface area contributed by atoms with Crippen LogP contribution in [0.2, 0.25) is 10.0 Å². The van der Waals surface area contributed by atoms with Crippen LogP contribution in [0.15, 0.2) is 41.3 Å². The molecule has 202 valence electrons. The lowest BCUT2D eigenvalue weighted by Crippen LogP contribution is -2.59. The molecule has 2 spiro atoms. The normalized spacial score (nSPS) is 32.1. The Morgan fingerprint density at radius 1 is 1.08 bits per heavy atom. The molecule has 0 radical (unpaired) electrons. The van der Waals surface area contributed by atoms with Crippen LogP contribution < -0.4 is 10.6 Å². The molecule has 2 aliphatic heterocycles. The zero-order valence-corrected chi connectivity index (χ0v) is 23.3. The number of aliphatic hydroxyl groups is 1. The van der Waals surface area contributed by atoms with Crippen molar-refractivity contribution in [2.75, 3.05) is 0 Å². The van der Waals surface area contributed by atoms with Crippen LogP contribution in [0, 0.1) is 5.82 Å². The van der Waals surface area contributed by atoms with Gasteiger partial charge in [-0.15, -0.1) is 0 Å². The summed E-state index contributed by atoms with van der Waals surface area (Å²) in [6.45, 7) is 0. The zero-order chi connectivity index (χ0) is 26.7. The van der Waals surface area contributed by atoms with Crippen molar-refractivity contribution in [2.45, 2.75) is 97.7 Å². The SMILES string of the molecule is O=C(NC1CCC(O)CC1)[C@@H]1NC2(CCCCC2)[C@@]2(C(=O)Sc3cc(Cl)ccc32)[C@H]1c1cccc(Cl)c1F. The number of carbonyl (C=O) groups is 2. The van der Waals surface area contributed by atoms with Crippen LogP contribution in [-0.2, 0) is 15.0 Å². The van der Waals surface area contributed by atoms with Crippen molar-refractivity contribution in [3.8, 4) is 0 Å². The fourth-order valence-electron chi connectivity index (χ4n) is 7.58. The quantitative estimate of drug-likeness (QED) is 0.425. The Morgan fingerprint density at radius 3 is 2.55 bits per heavy atom. The molecule has 3 N–H and O–H groups in total. The minimum atomic E-state index is -1.16. The third-order valence-electron chi connectivity index (χ3n) is 9.23. The summed E-state index contributed by atoms with van der Waals surface area (Å²) in [5.41, 5.74) is -0.775. The number of rotatable bonds is 3. The van der Waals surface area contributed by atoms with Gasteiger partial charge in [-0.05, 0) is 67.9 Å². The molecule has 2 aromatic rings. The highest BCUT2D eigenvalue weighted by Gasteiger charge is 2.72. The van der Waals surface area contributed by atoms with Crippen LogP contribution in [0.5, 0.6) is 0 Å². The van der Waals surface area contributed by atoms with Crippen LogP contribution >= 0.6 is 35.0 Å². The molecule has 38 heavy (non-hydrogen) atoms. The Bertz CT molecular complexity index is 1280.